The Morgan fingerprint density at radius 1 is 1.12 bits per heavy atom. The third kappa shape index (κ3) is 5.75. The fraction of sp³-hybridized carbons (Fsp3) is 0.278. The Morgan fingerprint density at radius 2 is 1.81 bits per heavy atom. The molecule has 2 rings (SSSR count). The molecule has 2 aromatic carbocycles. The maximum Gasteiger partial charge on any atom is 0.238 e. The molecule has 26 heavy (non-hydrogen) atoms. The van der Waals surface area contributed by atoms with E-state index < -0.39 is 10.0 Å². The lowest BCUT2D eigenvalue weighted by Crippen LogP contribution is -2.37. The second-order valence-electron chi connectivity index (χ2n) is 5.60. The summed E-state index contributed by atoms with van der Waals surface area (Å²) in [5.41, 5.74) is 2.04. The molecule has 0 heterocycles. The van der Waals surface area contributed by atoms with Crippen molar-refractivity contribution in [1.82, 2.24) is 10.6 Å². The molecule has 7 nitrogen and oxygen atoms in total. The van der Waals surface area contributed by atoms with Gasteiger partial charge in [-0.25, -0.2) is 13.6 Å². The number of nitrogens with one attached hydrogen (secondary N) is 2. The summed E-state index contributed by atoms with van der Waals surface area (Å²) >= 11 is 0. The molecule has 0 aliphatic carbocycles. The van der Waals surface area contributed by atoms with Gasteiger partial charge in [0, 0.05) is 25.7 Å². The van der Waals surface area contributed by atoms with Crippen LogP contribution in [0.1, 0.15) is 11.1 Å². The van der Waals surface area contributed by atoms with Gasteiger partial charge >= 0.3 is 0 Å². The Bertz CT molecular complexity index is 849. The van der Waals surface area contributed by atoms with Crippen LogP contribution in [0.2, 0.25) is 0 Å². The molecule has 0 saturated carbocycles. The Hall–Kier alpha value is -2.58. The lowest BCUT2D eigenvalue weighted by Gasteiger charge is -2.13. The highest BCUT2D eigenvalue weighted by molar-refractivity contribution is 7.89. The smallest absolute Gasteiger partial charge is 0.238 e. The van der Waals surface area contributed by atoms with Crippen LogP contribution in [-0.2, 0) is 23.0 Å². The first-order valence-corrected chi connectivity index (χ1v) is 9.67. The van der Waals surface area contributed by atoms with Crippen molar-refractivity contribution in [3.05, 3.63) is 59.7 Å². The molecule has 0 spiro atoms. The van der Waals surface area contributed by atoms with Gasteiger partial charge in [0.15, 0.2) is 5.96 Å². The van der Waals surface area contributed by atoms with Crippen LogP contribution in [0, 0.1) is 0 Å². The molecule has 0 saturated heterocycles. The molecule has 0 aliphatic heterocycles. The summed E-state index contributed by atoms with van der Waals surface area (Å²) in [6.07, 6.45) is 0.722. The minimum atomic E-state index is -3.65. The third-order valence-electron chi connectivity index (χ3n) is 3.82. The van der Waals surface area contributed by atoms with E-state index in [4.69, 9.17) is 9.88 Å². The maximum atomic E-state index is 11.3. The molecule has 0 atom stereocenters. The average molecular weight is 376 g/mol. The van der Waals surface area contributed by atoms with Crippen molar-refractivity contribution >= 4 is 16.0 Å². The number of benzene rings is 2. The highest BCUT2D eigenvalue weighted by Crippen LogP contribution is 2.16. The fourth-order valence-electron chi connectivity index (χ4n) is 2.42. The number of sulfonamides is 1. The van der Waals surface area contributed by atoms with E-state index in [0.29, 0.717) is 19.0 Å². The number of primary sulfonamides is 1. The summed E-state index contributed by atoms with van der Waals surface area (Å²) in [4.78, 5) is 4.31. The van der Waals surface area contributed by atoms with Gasteiger partial charge in [0.1, 0.15) is 5.75 Å². The topological polar surface area (TPSA) is 106 Å². The van der Waals surface area contributed by atoms with Crippen molar-refractivity contribution in [3.63, 3.8) is 0 Å². The largest absolute Gasteiger partial charge is 0.496 e. The molecule has 0 unspecified atom stereocenters. The number of ether oxygens (including phenoxy) is 1. The lowest BCUT2D eigenvalue weighted by atomic mass is 10.1. The Labute approximate surface area is 154 Å². The standard InChI is InChI=1S/C18H24N4O3S/c1-20-18(22-13-15-5-3-4-6-17(15)25-2)21-12-11-14-7-9-16(10-8-14)26(19,23)24/h3-10H,11-13H2,1-2H3,(H2,19,23,24)(H2,20,21,22). The molecule has 0 fully saturated rings. The number of nitrogens with two attached hydrogens (primary N) is 1. The van der Waals surface area contributed by atoms with Crippen LogP contribution in [0.15, 0.2) is 58.4 Å². The van der Waals surface area contributed by atoms with E-state index in [1.54, 1.807) is 26.3 Å². The van der Waals surface area contributed by atoms with Crippen molar-refractivity contribution in [3.8, 4) is 5.75 Å². The highest BCUT2D eigenvalue weighted by atomic mass is 32.2. The van der Waals surface area contributed by atoms with E-state index in [1.807, 2.05) is 24.3 Å². The van der Waals surface area contributed by atoms with Crippen LogP contribution in [0.5, 0.6) is 5.75 Å². The number of aliphatic imine (C=N–C) groups is 1. The number of hydrogen-bond acceptors (Lipinski definition) is 4. The highest BCUT2D eigenvalue weighted by Gasteiger charge is 2.07. The normalized spacial score (nSPS) is 11.9. The SMILES string of the molecule is CN=C(NCCc1ccc(S(N)(=O)=O)cc1)NCc1ccccc1OC. The first-order valence-electron chi connectivity index (χ1n) is 8.12. The van der Waals surface area contributed by atoms with Crippen molar-refractivity contribution < 1.29 is 13.2 Å². The van der Waals surface area contributed by atoms with Gasteiger partial charge in [-0.15, -0.1) is 0 Å². The summed E-state index contributed by atoms with van der Waals surface area (Å²) in [6, 6.07) is 14.3. The van der Waals surface area contributed by atoms with Crippen molar-refractivity contribution in [1.29, 1.82) is 0 Å². The van der Waals surface area contributed by atoms with Crippen LogP contribution >= 0.6 is 0 Å². The molecule has 0 radical (unpaired) electrons. The average Bonchev–Trinajstić information content (AvgIpc) is 2.64. The molecule has 2 aromatic rings. The molecule has 8 heteroatoms. The molecule has 0 amide bonds. The Morgan fingerprint density at radius 3 is 2.42 bits per heavy atom. The molecule has 140 valence electrons. The van der Waals surface area contributed by atoms with E-state index in [-0.39, 0.29) is 4.90 Å². The van der Waals surface area contributed by atoms with Crippen LogP contribution in [-0.4, -0.2) is 35.1 Å². The van der Waals surface area contributed by atoms with Gasteiger partial charge in [0.2, 0.25) is 10.0 Å². The van der Waals surface area contributed by atoms with Crippen molar-refractivity contribution in [2.75, 3.05) is 20.7 Å². The van der Waals surface area contributed by atoms with Gasteiger partial charge in [-0.3, -0.25) is 4.99 Å². The van der Waals surface area contributed by atoms with Crippen LogP contribution < -0.4 is 20.5 Å². The molecular weight excluding hydrogens is 352 g/mol. The zero-order chi connectivity index (χ0) is 19.0. The fourth-order valence-corrected chi connectivity index (χ4v) is 2.94. The van der Waals surface area contributed by atoms with Gasteiger partial charge < -0.3 is 15.4 Å². The summed E-state index contributed by atoms with van der Waals surface area (Å²) in [7, 11) is -0.299. The number of methoxy groups -OCH3 is 1. The van der Waals surface area contributed by atoms with Crippen LogP contribution in [0.4, 0.5) is 0 Å². The number of rotatable bonds is 7. The number of nitrogens with zero attached hydrogens (tertiary/aromatic N) is 1. The molecule has 0 aromatic heterocycles. The Kier molecular flexibility index (Phi) is 6.99. The monoisotopic (exact) mass is 376 g/mol. The van der Waals surface area contributed by atoms with E-state index in [1.165, 1.54) is 12.1 Å². The zero-order valence-corrected chi connectivity index (χ0v) is 15.7. The van der Waals surface area contributed by atoms with Crippen molar-refractivity contribution in [2.24, 2.45) is 10.1 Å². The summed E-state index contributed by atoms with van der Waals surface area (Å²) in [5, 5.41) is 11.6. The van der Waals surface area contributed by atoms with Gasteiger partial charge in [-0.1, -0.05) is 30.3 Å². The van der Waals surface area contributed by atoms with E-state index in [2.05, 4.69) is 15.6 Å². The van der Waals surface area contributed by atoms with Gasteiger partial charge in [0.05, 0.1) is 12.0 Å². The number of guanidine groups is 1. The lowest BCUT2D eigenvalue weighted by molar-refractivity contribution is 0.409. The second kappa shape index (κ2) is 9.21. The van der Waals surface area contributed by atoms with Gasteiger partial charge in [-0.05, 0) is 30.2 Å². The molecular formula is C18H24N4O3S. The van der Waals surface area contributed by atoms with Crippen molar-refractivity contribution in [2.45, 2.75) is 17.9 Å². The quantitative estimate of drug-likeness (QED) is 0.498. The van der Waals surface area contributed by atoms with E-state index in [0.717, 1.165) is 23.3 Å². The molecule has 0 aliphatic rings. The first-order chi connectivity index (χ1) is 12.4. The third-order valence-corrected chi connectivity index (χ3v) is 4.75. The second-order valence-corrected chi connectivity index (χ2v) is 7.16. The number of hydrogen-bond donors (Lipinski definition) is 3. The number of para-hydroxylation sites is 1. The summed E-state index contributed by atoms with van der Waals surface area (Å²) < 4.78 is 27.8. The zero-order valence-electron chi connectivity index (χ0n) is 14.9. The van der Waals surface area contributed by atoms with Gasteiger partial charge in [-0.2, -0.15) is 0 Å². The first kappa shape index (κ1) is 19.7. The van der Waals surface area contributed by atoms with Crippen LogP contribution in [0.25, 0.3) is 0 Å². The molecule has 4 N–H and O–H groups in total. The van der Waals surface area contributed by atoms with E-state index >= 15 is 0 Å². The van der Waals surface area contributed by atoms with Crippen LogP contribution in [0.3, 0.4) is 0 Å². The minimum Gasteiger partial charge on any atom is -0.496 e. The molecule has 0 bridgehead atoms. The predicted octanol–water partition coefficient (Wildman–Crippen LogP) is 1.25. The Balaban J connectivity index is 1.84. The van der Waals surface area contributed by atoms with Gasteiger partial charge in [0.25, 0.3) is 0 Å². The minimum absolute atomic E-state index is 0.114. The predicted molar refractivity (Wildman–Crippen MR) is 103 cm³/mol. The maximum absolute atomic E-state index is 11.3. The summed E-state index contributed by atoms with van der Waals surface area (Å²) in [5.74, 6) is 1.50. The van der Waals surface area contributed by atoms with E-state index in [9.17, 15) is 8.42 Å². The summed E-state index contributed by atoms with van der Waals surface area (Å²) in [6.45, 7) is 1.24.